The van der Waals surface area contributed by atoms with Gasteiger partial charge in [-0.25, -0.2) is 9.78 Å². The number of aliphatic hydroxyl groups excluding tert-OH is 1. The number of hydrogen-bond acceptors (Lipinski definition) is 8. The molecule has 34 heavy (non-hydrogen) atoms. The van der Waals surface area contributed by atoms with Crippen molar-refractivity contribution in [2.45, 2.75) is 70.3 Å². The maximum Gasteiger partial charge on any atom is 0.326 e. The van der Waals surface area contributed by atoms with E-state index < -0.39 is 72.3 Å². The number of aromatic amines is 1. The van der Waals surface area contributed by atoms with Gasteiger partial charge in [-0.3, -0.25) is 19.2 Å². The number of carbonyl (C=O) groups excluding carboxylic acids is 3. The van der Waals surface area contributed by atoms with Crippen LogP contribution in [0.15, 0.2) is 12.5 Å². The molecule has 0 aliphatic rings. The summed E-state index contributed by atoms with van der Waals surface area (Å²) in [6.45, 7) is 4.61. The molecule has 190 valence electrons. The first-order valence-corrected chi connectivity index (χ1v) is 10.6. The molecule has 0 fully saturated rings. The van der Waals surface area contributed by atoms with E-state index >= 15 is 0 Å². The van der Waals surface area contributed by atoms with Crippen molar-refractivity contribution in [2.75, 3.05) is 0 Å². The fourth-order valence-corrected chi connectivity index (χ4v) is 2.97. The maximum atomic E-state index is 12.9. The Morgan fingerprint density at radius 3 is 2.09 bits per heavy atom. The molecule has 14 heteroatoms. The fourth-order valence-electron chi connectivity index (χ4n) is 2.97. The van der Waals surface area contributed by atoms with Crippen LogP contribution in [0.25, 0.3) is 0 Å². The van der Waals surface area contributed by atoms with Crippen LogP contribution in [0.1, 0.15) is 39.3 Å². The fraction of sp³-hybridized carbons (Fsp3) is 0.600. The Morgan fingerprint density at radius 2 is 1.62 bits per heavy atom. The first-order valence-electron chi connectivity index (χ1n) is 10.6. The highest BCUT2D eigenvalue weighted by Gasteiger charge is 2.34. The summed E-state index contributed by atoms with van der Waals surface area (Å²) in [4.78, 5) is 66.8. The summed E-state index contributed by atoms with van der Waals surface area (Å²) in [6.07, 6.45) is 1.17. The van der Waals surface area contributed by atoms with Gasteiger partial charge in [-0.1, -0.05) is 20.3 Å². The number of nitrogens with zero attached hydrogens (tertiary/aromatic N) is 1. The lowest BCUT2D eigenvalue weighted by molar-refractivity contribution is -0.147. The predicted octanol–water partition coefficient (Wildman–Crippen LogP) is -2.28. The second kappa shape index (κ2) is 13.3. The number of carbonyl (C=O) groups is 5. The third kappa shape index (κ3) is 8.78. The summed E-state index contributed by atoms with van der Waals surface area (Å²) in [5.74, 6) is -6.01. The Balaban J connectivity index is 2.94. The Hall–Kier alpha value is -3.52. The second-order valence-electron chi connectivity index (χ2n) is 7.98. The van der Waals surface area contributed by atoms with Gasteiger partial charge in [0.2, 0.25) is 17.7 Å². The van der Waals surface area contributed by atoms with E-state index in [0.29, 0.717) is 12.1 Å². The van der Waals surface area contributed by atoms with Gasteiger partial charge in [0.25, 0.3) is 0 Å². The molecule has 0 radical (unpaired) electrons. The molecule has 6 atom stereocenters. The molecule has 0 bridgehead atoms. The van der Waals surface area contributed by atoms with E-state index in [1.807, 2.05) is 0 Å². The van der Waals surface area contributed by atoms with E-state index in [9.17, 15) is 34.2 Å². The highest BCUT2D eigenvalue weighted by atomic mass is 16.4. The number of nitrogens with two attached hydrogens (primary N) is 1. The molecule has 1 aromatic heterocycles. The lowest BCUT2D eigenvalue weighted by Gasteiger charge is -2.28. The van der Waals surface area contributed by atoms with Crippen LogP contribution < -0.4 is 21.7 Å². The van der Waals surface area contributed by atoms with Crippen molar-refractivity contribution in [1.82, 2.24) is 25.9 Å². The molecular formula is C20H32N6O8. The van der Waals surface area contributed by atoms with Crippen LogP contribution in [0.2, 0.25) is 0 Å². The summed E-state index contributed by atoms with van der Waals surface area (Å²) in [5.41, 5.74) is 6.44. The van der Waals surface area contributed by atoms with Gasteiger partial charge in [0.05, 0.1) is 24.9 Å². The molecule has 0 aromatic carbocycles. The summed E-state index contributed by atoms with van der Waals surface area (Å²) in [6, 6.07) is -5.49. The zero-order chi connectivity index (χ0) is 26.0. The monoisotopic (exact) mass is 484 g/mol. The van der Waals surface area contributed by atoms with Crippen LogP contribution in [0.4, 0.5) is 0 Å². The minimum Gasteiger partial charge on any atom is -0.481 e. The molecule has 1 rings (SSSR count). The van der Waals surface area contributed by atoms with Gasteiger partial charge in [-0.05, 0) is 12.8 Å². The van der Waals surface area contributed by atoms with Crippen LogP contribution in [0.3, 0.4) is 0 Å². The highest BCUT2D eigenvalue weighted by Crippen LogP contribution is 2.10. The summed E-state index contributed by atoms with van der Waals surface area (Å²) < 4.78 is 0. The number of carboxylic acid groups (broad SMARTS) is 2. The molecule has 14 nitrogen and oxygen atoms in total. The van der Waals surface area contributed by atoms with Crippen LogP contribution in [0.5, 0.6) is 0 Å². The van der Waals surface area contributed by atoms with Gasteiger partial charge < -0.3 is 42.0 Å². The predicted molar refractivity (Wildman–Crippen MR) is 117 cm³/mol. The maximum absolute atomic E-state index is 12.9. The number of aromatic nitrogens is 2. The van der Waals surface area contributed by atoms with Crippen molar-refractivity contribution in [3.8, 4) is 0 Å². The summed E-state index contributed by atoms with van der Waals surface area (Å²) >= 11 is 0. The topological polar surface area (TPSA) is 237 Å². The number of imidazole rings is 1. The van der Waals surface area contributed by atoms with E-state index in [-0.39, 0.29) is 6.42 Å². The largest absolute Gasteiger partial charge is 0.481 e. The molecule has 0 saturated carbocycles. The van der Waals surface area contributed by atoms with E-state index in [1.54, 1.807) is 13.8 Å². The number of rotatable bonds is 14. The van der Waals surface area contributed by atoms with E-state index in [1.165, 1.54) is 19.4 Å². The van der Waals surface area contributed by atoms with Gasteiger partial charge in [0.1, 0.15) is 18.1 Å². The zero-order valence-electron chi connectivity index (χ0n) is 19.1. The first kappa shape index (κ1) is 28.5. The van der Waals surface area contributed by atoms with Crippen LogP contribution >= 0.6 is 0 Å². The first-order chi connectivity index (χ1) is 15.9. The number of nitrogens with one attached hydrogen (secondary N) is 4. The zero-order valence-corrected chi connectivity index (χ0v) is 19.1. The molecule has 1 heterocycles. The van der Waals surface area contributed by atoms with Crippen LogP contribution in [-0.2, 0) is 30.4 Å². The third-order valence-electron chi connectivity index (χ3n) is 5.18. The average molecular weight is 485 g/mol. The summed E-state index contributed by atoms with van der Waals surface area (Å²) in [7, 11) is 0. The van der Waals surface area contributed by atoms with Crippen molar-refractivity contribution < 1.29 is 39.3 Å². The molecule has 0 spiro atoms. The van der Waals surface area contributed by atoms with Crippen LogP contribution in [0, 0.1) is 5.92 Å². The smallest absolute Gasteiger partial charge is 0.326 e. The Labute approximate surface area is 195 Å². The lowest BCUT2D eigenvalue weighted by atomic mass is 9.97. The molecule has 1 aromatic rings. The minimum absolute atomic E-state index is 0.0953. The normalized spacial score (nSPS) is 16.3. The Morgan fingerprint density at radius 1 is 1.03 bits per heavy atom. The van der Waals surface area contributed by atoms with Gasteiger partial charge in [-0.15, -0.1) is 0 Å². The van der Waals surface area contributed by atoms with Gasteiger partial charge >= 0.3 is 11.9 Å². The number of carboxylic acids is 2. The Kier molecular flexibility index (Phi) is 11.1. The number of H-pyrrole nitrogens is 1. The molecule has 0 aliphatic carbocycles. The highest BCUT2D eigenvalue weighted by molar-refractivity contribution is 5.95. The molecule has 9 N–H and O–H groups in total. The third-order valence-corrected chi connectivity index (χ3v) is 5.18. The molecule has 6 unspecified atom stereocenters. The van der Waals surface area contributed by atoms with Crippen molar-refractivity contribution in [3.63, 3.8) is 0 Å². The van der Waals surface area contributed by atoms with Crippen molar-refractivity contribution in [2.24, 2.45) is 11.7 Å². The SMILES string of the molecule is CCC(C)C(NC(=O)C(NC(=O)C(N)Cc1cnc[nH]1)C(C)O)C(=O)NC(CC(=O)O)C(=O)O. The van der Waals surface area contributed by atoms with Crippen LogP contribution in [-0.4, -0.2) is 85.2 Å². The number of hydrogen-bond donors (Lipinski definition) is 8. The standard InChI is InChI=1S/C20H32N6O8/c1-4-9(2)15(18(31)24-13(20(33)34)6-14(28)29)25-19(32)16(10(3)27)26-17(30)12(21)5-11-7-22-8-23-11/h7-10,12-13,15-16,27H,4-6,21H2,1-3H3,(H,22,23)(H,24,31)(H,25,32)(H,26,30)(H,28,29)(H,33,34). The van der Waals surface area contributed by atoms with Crippen molar-refractivity contribution >= 4 is 29.7 Å². The van der Waals surface area contributed by atoms with E-state index in [4.69, 9.17) is 10.8 Å². The quantitative estimate of drug-likeness (QED) is 0.141. The van der Waals surface area contributed by atoms with E-state index in [2.05, 4.69) is 25.9 Å². The average Bonchev–Trinajstić information content (AvgIpc) is 3.26. The van der Waals surface area contributed by atoms with Crippen molar-refractivity contribution in [3.05, 3.63) is 18.2 Å². The lowest BCUT2D eigenvalue weighted by Crippen LogP contribution is -2.61. The molecule has 0 aliphatic heterocycles. The van der Waals surface area contributed by atoms with Gasteiger partial charge in [0.15, 0.2) is 0 Å². The second-order valence-corrected chi connectivity index (χ2v) is 7.98. The molecular weight excluding hydrogens is 452 g/mol. The molecule has 3 amide bonds. The van der Waals surface area contributed by atoms with Gasteiger partial charge in [-0.2, -0.15) is 0 Å². The molecule has 0 saturated heterocycles. The summed E-state index contributed by atoms with van der Waals surface area (Å²) in [5, 5.41) is 35.0. The number of aliphatic hydroxyl groups is 1. The minimum atomic E-state index is -1.71. The van der Waals surface area contributed by atoms with E-state index in [0.717, 1.165) is 0 Å². The van der Waals surface area contributed by atoms with Gasteiger partial charge in [0, 0.05) is 18.3 Å². The van der Waals surface area contributed by atoms with Crippen molar-refractivity contribution in [1.29, 1.82) is 0 Å². The Bertz CT molecular complexity index is 859. The number of amides is 3. The number of aliphatic carboxylic acids is 2.